The average molecular weight is 300 g/mol. The number of hydrogen-bond donors (Lipinski definition) is 1. The van der Waals surface area contributed by atoms with Gasteiger partial charge in [0, 0.05) is 56.1 Å². The first kappa shape index (κ1) is 14.6. The maximum atomic E-state index is 12.4. The van der Waals surface area contributed by atoms with Crippen LogP contribution in [0.4, 0.5) is 0 Å². The van der Waals surface area contributed by atoms with Gasteiger partial charge in [0.2, 0.25) is 5.91 Å². The molecule has 3 rings (SSSR count). The van der Waals surface area contributed by atoms with Crippen molar-refractivity contribution in [2.24, 2.45) is 0 Å². The van der Waals surface area contributed by atoms with Gasteiger partial charge in [-0.1, -0.05) is 6.07 Å². The van der Waals surface area contributed by atoms with Gasteiger partial charge in [-0.25, -0.2) is 0 Å². The molecule has 0 aromatic carbocycles. The van der Waals surface area contributed by atoms with Crippen molar-refractivity contribution in [1.29, 1.82) is 0 Å². The number of H-pyrrole nitrogens is 1. The maximum Gasteiger partial charge on any atom is 0.250 e. The Bertz CT molecular complexity index is 677. The van der Waals surface area contributed by atoms with Crippen LogP contribution in [0, 0.1) is 0 Å². The van der Waals surface area contributed by atoms with E-state index in [2.05, 4.69) is 10.2 Å². The molecule has 116 valence electrons. The van der Waals surface area contributed by atoms with E-state index >= 15 is 0 Å². The number of piperidine rings is 1. The Hall–Kier alpha value is -2.37. The minimum absolute atomic E-state index is 0.0655. The summed E-state index contributed by atoms with van der Waals surface area (Å²) in [5.74, 6) is 0.444. The zero-order chi connectivity index (χ0) is 15.4. The number of nitrogens with zero attached hydrogens (tertiary/aromatic N) is 3. The van der Waals surface area contributed by atoms with Gasteiger partial charge < -0.3 is 9.47 Å². The Morgan fingerprint density at radius 2 is 2.27 bits per heavy atom. The lowest BCUT2D eigenvalue weighted by Crippen LogP contribution is -2.39. The molecule has 1 N–H and O–H groups in total. The minimum atomic E-state index is -0.0655. The van der Waals surface area contributed by atoms with E-state index in [9.17, 15) is 9.59 Å². The second-order valence-electron chi connectivity index (χ2n) is 5.67. The van der Waals surface area contributed by atoms with Gasteiger partial charge in [0.1, 0.15) is 0 Å². The molecule has 6 heteroatoms. The van der Waals surface area contributed by atoms with Gasteiger partial charge in [0.05, 0.1) is 0 Å². The molecule has 2 aromatic heterocycles. The summed E-state index contributed by atoms with van der Waals surface area (Å²) in [6.07, 6.45) is 5.90. The molecule has 0 radical (unpaired) electrons. The molecule has 0 saturated carbocycles. The lowest BCUT2D eigenvalue weighted by Gasteiger charge is -2.32. The first-order chi connectivity index (χ1) is 10.7. The molecule has 1 aliphatic rings. The molecule has 3 heterocycles. The fourth-order valence-corrected chi connectivity index (χ4v) is 2.97. The summed E-state index contributed by atoms with van der Waals surface area (Å²) in [5, 5.41) is 6.98. The summed E-state index contributed by atoms with van der Waals surface area (Å²) in [4.78, 5) is 25.9. The van der Waals surface area contributed by atoms with Crippen LogP contribution in [0.2, 0.25) is 0 Å². The number of likely N-dealkylation sites (tertiary alicyclic amines) is 1. The Balaban J connectivity index is 1.58. The second-order valence-corrected chi connectivity index (χ2v) is 5.67. The van der Waals surface area contributed by atoms with Crippen LogP contribution in [0.5, 0.6) is 0 Å². The molecule has 2 aromatic rings. The van der Waals surface area contributed by atoms with Crippen molar-refractivity contribution in [2.75, 3.05) is 13.1 Å². The number of pyridine rings is 1. The highest BCUT2D eigenvalue weighted by Gasteiger charge is 2.25. The summed E-state index contributed by atoms with van der Waals surface area (Å²) in [7, 11) is 0. The third-order valence-electron chi connectivity index (χ3n) is 4.20. The van der Waals surface area contributed by atoms with E-state index in [1.165, 1.54) is 6.07 Å². The van der Waals surface area contributed by atoms with Crippen LogP contribution in [0.1, 0.15) is 30.9 Å². The van der Waals surface area contributed by atoms with Crippen molar-refractivity contribution >= 4 is 5.91 Å². The molecule has 1 amide bonds. The molecule has 0 bridgehead atoms. The number of amides is 1. The SMILES string of the molecule is O=C(CCn1ccccc1=O)N1CCCC(c2ccn[nH]2)C1. The van der Waals surface area contributed by atoms with E-state index in [1.54, 1.807) is 29.1 Å². The molecule has 1 saturated heterocycles. The van der Waals surface area contributed by atoms with Crippen LogP contribution in [-0.2, 0) is 11.3 Å². The largest absolute Gasteiger partial charge is 0.342 e. The van der Waals surface area contributed by atoms with Crippen LogP contribution in [0.15, 0.2) is 41.5 Å². The van der Waals surface area contributed by atoms with Crippen LogP contribution >= 0.6 is 0 Å². The molecule has 1 atom stereocenters. The van der Waals surface area contributed by atoms with E-state index < -0.39 is 0 Å². The summed E-state index contributed by atoms with van der Waals surface area (Å²) in [5.41, 5.74) is 1.03. The van der Waals surface area contributed by atoms with E-state index in [1.807, 2.05) is 11.0 Å². The fraction of sp³-hybridized carbons (Fsp3) is 0.438. The Morgan fingerprint density at radius 3 is 3.05 bits per heavy atom. The quantitative estimate of drug-likeness (QED) is 0.927. The third-order valence-corrected chi connectivity index (χ3v) is 4.20. The van der Waals surface area contributed by atoms with Crippen molar-refractivity contribution < 1.29 is 4.79 Å². The van der Waals surface area contributed by atoms with Gasteiger partial charge >= 0.3 is 0 Å². The van der Waals surface area contributed by atoms with Gasteiger partial charge in [-0.15, -0.1) is 0 Å². The summed E-state index contributed by atoms with van der Waals surface area (Å²) in [6.45, 7) is 1.96. The van der Waals surface area contributed by atoms with Gasteiger partial charge in [0.15, 0.2) is 0 Å². The minimum Gasteiger partial charge on any atom is -0.342 e. The van der Waals surface area contributed by atoms with Crippen molar-refractivity contribution in [3.05, 3.63) is 52.7 Å². The standard InChI is InChI=1S/C16H20N4O2/c21-15-5-1-2-9-19(15)11-7-16(22)20-10-3-4-13(12-20)14-6-8-17-18-14/h1-2,5-6,8-9,13H,3-4,7,10-12H2,(H,17,18). The topological polar surface area (TPSA) is 71.0 Å². The summed E-state index contributed by atoms with van der Waals surface area (Å²) in [6, 6.07) is 7.00. The fourth-order valence-electron chi connectivity index (χ4n) is 2.97. The van der Waals surface area contributed by atoms with E-state index in [0.29, 0.717) is 18.9 Å². The van der Waals surface area contributed by atoms with Crippen molar-refractivity contribution in [3.8, 4) is 0 Å². The predicted octanol–water partition coefficient (Wildman–Crippen LogP) is 1.37. The zero-order valence-electron chi connectivity index (χ0n) is 12.4. The predicted molar refractivity (Wildman–Crippen MR) is 82.5 cm³/mol. The number of carbonyl (C=O) groups excluding carboxylic acids is 1. The molecule has 1 aliphatic heterocycles. The lowest BCUT2D eigenvalue weighted by atomic mass is 9.95. The first-order valence-corrected chi connectivity index (χ1v) is 7.66. The van der Waals surface area contributed by atoms with E-state index in [-0.39, 0.29) is 11.5 Å². The van der Waals surface area contributed by atoms with Crippen molar-refractivity contribution in [1.82, 2.24) is 19.7 Å². The van der Waals surface area contributed by atoms with Gasteiger partial charge in [-0.3, -0.25) is 14.7 Å². The summed E-state index contributed by atoms with van der Waals surface area (Å²) < 4.78 is 1.58. The monoisotopic (exact) mass is 300 g/mol. The smallest absolute Gasteiger partial charge is 0.250 e. The van der Waals surface area contributed by atoms with Crippen LogP contribution in [0.3, 0.4) is 0 Å². The normalized spacial score (nSPS) is 18.4. The number of rotatable bonds is 4. The number of aryl methyl sites for hydroxylation is 1. The Labute approximate surface area is 128 Å². The number of hydrogen-bond acceptors (Lipinski definition) is 3. The number of aromatic amines is 1. The molecule has 0 spiro atoms. The Morgan fingerprint density at radius 1 is 1.36 bits per heavy atom. The second kappa shape index (κ2) is 6.60. The number of aromatic nitrogens is 3. The van der Waals surface area contributed by atoms with Crippen molar-refractivity contribution in [3.63, 3.8) is 0 Å². The molecule has 22 heavy (non-hydrogen) atoms. The van der Waals surface area contributed by atoms with Gasteiger partial charge in [-0.2, -0.15) is 5.10 Å². The molecule has 1 unspecified atom stereocenters. The van der Waals surface area contributed by atoms with Crippen molar-refractivity contribution in [2.45, 2.75) is 31.7 Å². The summed E-state index contributed by atoms with van der Waals surface area (Å²) >= 11 is 0. The number of nitrogens with one attached hydrogen (secondary N) is 1. The van der Waals surface area contributed by atoms with E-state index in [4.69, 9.17) is 0 Å². The molecule has 0 aliphatic carbocycles. The third kappa shape index (κ3) is 3.27. The molecule has 6 nitrogen and oxygen atoms in total. The molecular weight excluding hydrogens is 280 g/mol. The van der Waals surface area contributed by atoms with Gasteiger partial charge in [-0.05, 0) is 25.0 Å². The van der Waals surface area contributed by atoms with Crippen LogP contribution < -0.4 is 5.56 Å². The number of carbonyl (C=O) groups is 1. The lowest BCUT2D eigenvalue weighted by molar-refractivity contribution is -0.132. The Kier molecular flexibility index (Phi) is 4.37. The van der Waals surface area contributed by atoms with Crippen LogP contribution in [0.25, 0.3) is 0 Å². The first-order valence-electron chi connectivity index (χ1n) is 7.66. The maximum absolute atomic E-state index is 12.4. The van der Waals surface area contributed by atoms with E-state index in [0.717, 1.165) is 31.6 Å². The van der Waals surface area contributed by atoms with Gasteiger partial charge in [0.25, 0.3) is 5.56 Å². The highest BCUT2D eigenvalue weighted by Crippen LogP contribution is 2.25. The highest BCUT2D eigenvalue weighted by molar-refractivity contribution is 5.76. The highest BCUT2D eigenvalue weighted by atomic mass is 16.2. The average Bonchev–Trinajstić information content (AvgIpc) is 3.08. The zero-order valence-corrected chi connectivity index (χ0v) is 12.4. The van der Waals surface area contributed by atoms with Crippen LogP contribution in [-0.4, -0.2) is 38.7 Å². The molecule has 1 fully saturated rings. The molecular formula is C16H20N4O2.